The Morgan fingerprint density at radius 1 is 1.42 bits per heavy atom. The molecule has 1 aliphatic heterocycles. The van der Waals surface area contributed by atoms with Crippen molar-refractivity contribution < 1.29 is 9.47 Å². The van der Waals surface area contributed by atoms with Crippen molar-refractivity contribution in [2.75, 3.05) is 19.8 Å². The summed E-state index contributed by atoms with van der Waals surface area (Å²) in [6.45, 7) is 7.52. The molecule has 0 aromatic carbocycles. The summed E-state index contributed by atoms with van der Waals surface area (Å²) in [7, 11) is 0. The van der Waals surface area contributed by atoms with Gasteiger partial charge in [0.05, 0.1) is 13.2 Å². The van der Waals surface area contributed by atoms with Crippen LogP contribution in [-0.4, -0.2) is 46.9 Å². The van der Waals surface area contributed by atoms with Gasteiger partial charge in [-0.15, -0.1) is 0 Å². The van der Waals surface area contributed by atoms with Crippen LogP contribution in [0.1, 0.15) is 32.5 Å². The molecule has 2 heterocycles. The molecule has 1 atom stereocenters. The first kappa shape index (κ1) is 14.4. The Balaban J connectivity index is 1.92. The topological polar surface area (TPSA) is 61.2 Å². The van der Waals surface area contributed by atoms with E-state index in [2.05, 4.69) is 29.2 Å². The Hall–Kier alpha value is -0.980. The van der Waals surface area contributed by atoms with E-state index >= 15 is 0 Å². The first-order valence-electron chi connectivity index (χ1n) is 7.16. The highest BCUT2D eigenvalue weighted by molar-refractivity contribution is 4.90. The molecule has 1 saturated heterocycles. The number of ether oxygens (including phenoxy) is 2. The summed E-state index contributed by atoms with van der Waals surface area (Å²) >= 11 is 0. The van der Waals surface area contributed by atoms with E-state index in [4.69, 9.17) is 9.47 Å². The van der Waals surface area contributed by atoms with Crippen LogP contribution < -0.4 is 5.32 Å². The summed E-state index contributed by atoms with van der Waals surface area (Å²) in [6, 6.07) is 0.313. The molecule has 2 rings (SSSR count). The summed E-state index contributed by atoms with van der Waals surface area (Å²) in [4.78, 5) is 4.36. The van der Waals surface area contributed by atoms with Gasteiger partial charge >= 0.3 is 0 Å². The summed E-state index contributed by atoms with van der Waals surface area (Å²) in [5.41, 5.74) is 0. The number of aromatic nitrogens is 3. The van der Waals surface area contributed by atoms with E-state index in [9.17, 15) is 0 Å². The molecule has 1 fully saturated rings. The van der Waals surface area contributed by atoms with E-state index in [-0.39, 0.29) is 6.29 Å². The lowest BCUT2D eigenvalue weighted by molar-refractivity contribution is -0.0527. The van der Waals surface area contributed by atoms with E-state index in [0.29, 0.717) is 19.3 Å². The van der Waals surface area contributed by atoms with Gasteiger partial charge in [-0.2, -0.15) is 5.10 Å². The molecule has 0 bridgehead atoms. The molecule has 1 aromatic rings. The second-order valence-electron chi connectivity index (χ2n) is 4.76. The van der Waals surface area contributed by atoms with Gasteiger partial charge in [-0.3, -0.25) is 4.68 Å². The minimum atomic E-state index is -0.0772. The summed E-state index contributed by atoms with van der Waals surface area (Å²) in [5.74, 6) is 1.03. The Bertz CT molecular complexity index is 363. The van der Waals surface area contributed by atoms with Crippen LogP contribution in [0.15, 0.2) is 6.33 Å². The van der Waals surface area contributed by atoms with Crippen molar-refractivity contribution in [1.82, 2.24) is 20.1 Å². The van der Waals surface area contributed by atoms with Gasteiger partial charge in [0.2, 0.25) is 0 Å². The van der Waals surface area contributed by atoms with Crippen molar-refractivity contribution in [3.63, 3.8) is 0 Å². The molecule has 6 nitrogen and oxygen atoms in total. The van der Waals surface area contributed by atoms with Gasteiger partial charge in [0, 0.05) is 25.4 Å². The van der Waals surface area contributed by atoms with Gasteiger partial charge in [-0.1, -0.05) is 13.8 Å². The van der Waals surface area contributed by atoms with Crippen LogP contribution in [0.4, 0.5) is 0 Å². The van der Waals surface area contributed by atoms with E-state index < -0.39 is 0 Å². The molecule has 108 valence electrons. The van der Waals surface area contributed by atoms with Crippen LogP contribution in [0.5, 0.6) is 0 Å². The van der Waals surface area contributed by atoms with Crippen LogP contribution in [0.3, 0.4) is 0 Å². The van der Waals surface area contributed by atoms with Gasteiger partial charge in [0.15, 0.2) is 6.29 Å². The van der Waals surface area contributed by atoms with Crippen molar-refractivity contribution >= 4 is 0 Å². The Labute approximate surface area is 114 Å². The zero-order chi connectivity index (χ0) is 13.5. The maximum atomic E-state index is 5.52. The van der Waals surface area contributed by atoms with Crippen molar-refractivity contribution in [2.24, 2.45) is 0 Å². The molecule has 1 aliphatic rings. The lowest BCUT2D eigenvalue weighted by atomic mass is 10.1. The number of nitrogens with one attached hydrogen (secondary N) is 1. The van der Waals surface area contributed by atoms with Gasteiger partial charge in [-0.25, -0.2) is 4.98 Å². The third-order valence-electron chi connectivity index (χ3n) is 3.22. The van der Waals surface area contributed by atoms with E-state index in [0.717, 1.165) is 38.2 Å². The molecule has 0 radical (unpaired) electrons. The molecule has 0 amide bonds. The molecular formula is C13H24N4O2. The molecule has 0 spiro atoms. The largest absolute Gasteiger partial charge is 0.350 e. The predicted octanol–water partition coefficient (Wildman–Crippen LogP) is 0.972. The minimum Gasteiger partial charge on any atom is -0.350 e. The van der Waals surface area contributed by atoms with Crippen molar-refractivity contribution in [2.45, 2.75) is 52.0 Å². The van der Waals surface area contributed by atoms with Gasteiger partial charge in [0.1, 0.15) is 12.2 Å². The molecule has 19 heavy (non-hydrogen) atoms. The number of rotatable bonds is 8. The maximum absolute atomic E-state index is 5.52. The van der Waals surface area contributed by atoms with Crippen molar-refractivity contribution in [1.29, 1.82) is 0 Å². The second kappa shape index (κ2) is 7.57. The molecule has 1 N–H and O–H groups in total. The lowest BCUT2D eigenvalue weighted by Crippen LogP contribution is -2.35. The molecule has 0 aliphatic carbocycles. The van der Waals surface area contributed by atoms with Crippen molar-refractivity contribution in [3.05, 3.63) is 12.2 Å². The van der Waals surface area contributed by atoms with Gasteiger partial charge in [0.25, 0.3) is 0 Å². The normalized spacial score (nSPS) is 18.0. The summed E-state index contributed by atoms with van der Waals surface area (Å²) < 4.78 is 13.0. The standard InChI is InChI=1S/C13H24N4O2/c1-3-5-17-12(15-10-16-17)8-11(14-4-2)9-13-18-6-7-19-13/h10-11,13-14H,3-9H2,1-2H3. The number of nitrogens with zero attached hydrogens (tertiary/aromatic N) is 3. The average molecular weight is 268 g/mol. The maximum Gasteiger partial charge on any atom is 0.159 e. The Kier molecular flexibility index (Phi) is 5.75. The Morgan fingerprint density at radius 2 is 2.21 bits per heavy atom. The molecule has 1 aromatic heterocycles. The predicted molar refractivity (Wildman–Crippen MR) is 71.8 cm³/mol. The highest BCUT2D eigenvalue weighted by Gasteiger charge is 2.22. The van der Waals surface area contributed by atoms with E-state index in [1.165, 1.54) is 0 Å². The third kappa shape index (κ3) is 4.26. The SMILES string of the molecule is CCCn1ncnc1CC(CC1OCCO1)NCC. The zero-order valence-corrected chi connectivity index (χ0v) is 11.8. The van der Waals surface area contributed by atoms with Gasteiger partial charge < -0.3 is 14.8 Å². The molecule has 6 heteroatoms. The van der Waals surface area contributed by atoms with E-state index in [1.54, 1.807) is 6.33 Å². The van der Waals surface area contributed by atoms with Gasteiger partial charge in [-0.05, 0) is 13.0 Å². The number of likely N-dealkylation sites (N-methyl/N-ethyl adjacent to an activating group) is 1. The lowest BCUT2D eigenvalue weighted by Gasteiger charge is -2.20. The third-order valence-corrected chi connectivity index (χ3v) is 3.22. The van der Waals surface area contributed by atoms with E-state index in [1.807, 2.05) is 4.68 Å². The first-order valence-corrected chi connectivity index (χ1v) is 7.16. The minimum absolute atomic E-state index is 0.0772. The van der Waals surface area contributed by atoms with Crippen LogP contribution in [0, 0.1) is 0 Å². The fraction of sp³-hybridized carbons (Fsp3) is 0.846. The van der Waals surface area contributed by atoms with Crippen LogP contribution in [0.2, 0.25) is 0 Å². The first-order chi connectivity index (χ1) is 9.33. The number of aryl methyl sites for hydroxylation is 1. The number of hydrogen-bond acceptors (Lipinski definition) is 5. The van der Waals surface area contributed by atoms with Crippen LogP contribution in [-0.2, 0) is 22.4 Å². The van der Waals surface area contributed by atoms with Crippen molar-refractivity contribution in [3.8, 4) is 0 Å². The van der Waals surface area contributed by atoms with Crippen LogP contribution >= 0.6 is 0 Å². The highest BCUT2D eigenvalue weighted by atomic mass is 16.7. The van der Waals surface area contributed by atoms with Crippen LogP contribution in [0.25, 0.3) is 0 Å². The second-order valence-corrected chi connectivity index (χ2v) is 4.76. The fourth-order valence-electron chi connectivity index (χ4n) is 2.37. The molecular weight excluding hydrogens is 244 g/mol. The fourth-order valence-corrected chi connectivity index (χ4v) is 2.37. The highest BCUT2D eigenvalue weighted by Crippen LogP contribution is 2.13. The average Bonchev–Trinajstić information content (AvgIpc) is 3.03. The monoisotopic (exact) mass is 268 g/mol. The quantitative estimate of drug-likeness (QED) is 0.761. The zero-order valence-electron chi connectivity index (χ0n) is 11.8. The smallest absolute Gasteiger partial charge is 0.159 e. The Morgan fingerprint density at radius 3 is 2.89 bits per heavy atom. The summed E-state index contributed by atoms with van der Waals surface area (Å²) in [6.07, 6.45) is 4.34. The molecule has 1 unspecified atom stereocenters. The molecule has 0 saturated carbocycles. The number of hydrogen-bond donors (Lipinski definition) is 1. The summed E-state index contributed by atoms with van der Waals surface area (Å²) in [5, 5.41) is 7.74.